The molecule has 0 amide bonds. The lowest BCUT2D eigenvalue weighted by molar-refractivity contribution is 0.622. The maximum atomic E-state index is 6.65. The van der Waals surface area contributed by atoms with Crippen molar-refractivity contribution in [3.8, 4) is 17.1 Å². The highest BCUT2D eigenvalue weighted by Crippen LogP contribution is 2.46. The Bertz CT molecular complexity index is 3440. The number of aromatic nitrogens is 2. The monoisotopic (exact) mass is 707 g/mol. The van der Waals surface area contributed by atoms with E-state index in [9.17, 15) is 0 Å². The highest BCUT2D eigenvalue weighted by atomic mass is 16.4. The highest BCUT2D eigenvalue weighted by molar-refractivity contribution is 6.18. The fraction of sp³-hybridized carbons (Fsp3) is 0. The summed E-state index contributed by atoms with van der Waals surface area (Å²) < 4.78 is 21.8. The minimum absolute atomic E-state index is 0.587. The van der Waals surface area contributed by atoms with E-state index in [4.69, 9.17) is 18.2 Å². The standard InChI is InChI=1S/C49H29N3O3/c1-3-12-30(13-4-1)49-50-39-25-27-44-46(48(39)55-49)37-24-22-33(29-45(37)54-44)51(32-23-26-43-38(28-32)35-17-8-10-21-42(35)53-43)41-20-11-18-36-34-16-7-9-19-40(34)52(47(36)41)31-14-5-2-6-15-31/h1-29H. The van der Waals surface area contributed by atoms with Crippen LogP contribution in [0.1, 0.15) is 0 Å². The summed E-state index contributed by atoms with van der Waals surface area (Å²) in [7, 11) is 0. The van der Waals surface area contributed by atoms with Gasteiger partial charge in [-0.25, -0.2) is 4.98 Å². The van der Waals surface area contributed by atoms with Crippen LogP contribution in [0.3, 0.4) is 0 Å². The molecule has 0 radical (unpaired) electrons. The van der Waals surface area contributed by atoms with Crippen LogP contribution in [0.2, 0.25) is 0 Å². The van der Waals surface area contributed by atoms with Crippen LogP contribution in [0.5, 0.6) is 0 Å². The second-order valence-corrected chi connectivity index (χ2v) is 13.9. The van der Waals surface area contributed by atoms with Crippen molar-refractivity contribution in [2.24, 2.45) is 0 Å². The zero-order chi connectivity index (χ0) is 36.0. The summed E-state index contributed by atoms with van der Waals surface area (Å²) in [5.41, 5.74) is 12.0. The number of anilines is 3. The van der Waals surface area contributed by atoms with Gasteiger partial charge >= 0.3 is 0 Å². The number of hydrogen-bond acceptors (Lipinski definition) is 5. The molecular weight excluding hydrogens is 679 g/mol. The number of furan rings is 2. The average Bonchev–Trinajstić information content (AvgIpc) is 4.02. The Morgan fingerprint density at radius 1 is 0.455 bits per heavy atom. The summed E-state index contributed by atoms with van der Waals surface area (Å²) in [5, 5.41) is 6.38. The summed E-state index contributed by atoms with van der Waals surface area (Å²) in [4.78, 5) is 7.18. The van der Waals surface area contributed by atoms with Gasteiger partial charge in [-0.1, -0.05) is 84.9 Å². The van der Waals surface area contributed by atoms with E-state index in [0.29, 0.717) is 11.5 Å². The molecule has 0 aliphatic rings. The number of oxazole rings is 1. The Labute approximate surface area is 313 Å². The lowest BCUT2D eigenvalue weighted by atomic mass is 10.1. The summed E-state index contributed by atoms with van der Waals surface area (Å²) in [6.45, 7) is 0. The Balaban J connectivity index is 1.13. The second kappa shape index (κ2) is 11.5. The van der Waals surface area contributed by atoms with Gasteiger partial charge in [0.2, 0.25) is 5.89 Å². The maximum absolute atomic E-state index is 6.65. The average molecular weight is 708 g/mol. The Morgan fingerprint density at radius 2 is 1.15 bits per heavy atom. The predicted molar refractivity (Wildman–Crippen MR) is 223 cm³/mol. The summed E-state index contributed by atoms with van der Waals surface area (Å²) in [6.07, 6.45) is 0. The Hall–Kier alpha value is -7.57. The minimum atomic E-state index is 0.587. The van der Waals surface area contributed by atoms with Crippen molar-refractivity contribution < 1.29 is 13.3 Å². The Kier molecular flexibility index (Phi) is 6.24. The van der Waals surface area contributed by atoms with Gasteiger partial charge < -0.3 is 22.7 Å². The van der Waals surface area contributed by atoms with Crippen molar-refractivity contribution in [1.29, 1.82) is 0 Å². The first-order chi connectivity index (χ1) is 27.3. The molecular formula is C49H29N3O3. The molecule has 55 heavy (non-hydrogen) atoms. The van der Waals surface area contributed by atoms with E-state index < -0.39 is 0 Å². The fourth-order valence-corrected chi connectivity index (χ4v) is 8.38. The molecule has 8 aromatic carbocycles. The van der Waals surface area contributed by atoms with E-state index in [-0.39, 0.29) is 0 Å². The molecule has 0 fully saturated rings. The van der Waals surface area contributed by atoms with Crippen molar-refractivity contribution in [2.75, 3.05) is 4.90 Å². The number of nitrogens with zero attached hydrogens (tertiary/aromatic N) is 3. The summed E-state index contributed by atoms with van der Waals surface area (Å²) in [5.74, 6) is 0.587. The van der Waals surface area contributed by atoms with E-state index >= 15 is 0 Å². The van der Waals surface area contributed by atoms with Crippen LogP contribution in [0.15, 0.2) is 189 Å². The van der Waals surface area contributed by atoms with Crippen LogP contribution in [0.25, 0.3) is 93.9 Å². The zero-order valence-corrected chi connectivity index (χ0v) is 29.3. The minimum Gasteiger partial charge on any atom is -0.456 e. The summed E-state index contributed by atoms with van der Waals surface area (Å²) >= 11 is 0. The van der Waals surface area contributed by atoms with E-state index in [1.807, 2.05) is 54.6 Å². The fourth-order valence-electron chi connectivity index (χ4n) is 8.38. The van der Waals surface area contributed by atoms with E-state index in [2.05, 4.69) is 131 Å². The van der Waals surface area contributed by atoms with Crippen LogP contribution < -0.4 is 4.90 Å². The molecule has 6 nitrogen and oxygen atoms in total. The van der Waals surface area contributed by atoms with Crippen molar-refractivity contribution >= 4 is 93.8 Å². The topological polar surface area (TPSA) is 60.5 Å². The molecule has 4 heterocycles. The molecule has 0 saturated carbocycles. The van der Waals surface area contributed by atoms with Crippen molar-refractivity contribution in [3.05, 3.63) is 176 Å². The molecule has 0 aliphatic carbocycles. The molecule has 0 spiro atoms. The van der Waals surface area contributed by atoms with Gasteiger partial charge in [0, 0.05) is 55.6 Å². The predicted octanol–water partition coefficient (Wildman–Crippen LogP) is 13.9. The van der Waals surface area contributed by atoms with Gasteiger partial charge in [0.25, 0.3) is 0 Å². The largest absolute Gasteiger partial charge is 0.456 e. The molecule has 12 rings (SSSR count). The number of hydrogen-bond donors (Lipinski definition) is 0. The molecule has 12 aromatic rings. The molecule has 0 unspecified atom stereocenters. The molecule has 0 atom stereocenters. The van der Waals surface area contributed by atoms with Crippen LogP contribution in [-0.4, -0.2) is 9.55 Å². The van der Waals surface area contributed by atoms with Crippen LogP contribution in [0.4, 0.5) is 17.1 Å². The quantitative estimate of drug-likeness (QED) is 0.178. The van der Waals surface area contributed by atoms with Gasteiger partial charge in [-0.15, -0.1) is 0 Å². The SMILES string of the molecule is c1ccc(-c2nc3ccc4oc5cc(N(c6ccc7oc8ccccc8c7c6)c6cccc7c8ccccc8n(-c8ccccc8)c67)ccc5c4c3o2)cc1. The van der Waals surface area contributed by atoms with Gasteiger partial charge in [-0.2, -0.15) is 0 Å². The van der Waals surface area contributed by atoms with E-state index in [1.54, 1.807) is 0 Å². The third-order valence-electron chi connectivity index (χ3n) is 10.8. The van der Waals surface area contributed by atoms with E-state index in [0.717, 1.165) is 88.7 Å². The molecule has 0 aliphatic heterocycles. The molecule has 0 bridgehead atoms. The van der Waals surface area contributed by atoms with Gasteiger partial charge in [0.15, 0.2) is 5.58 Å². The normalized spacial score (nSPS) is 12.0. The maximum Gasteiger partial charge on any atom is 0.227 e. The third kappa shape index (κ3) is 4.46. The van der Waals surface area contributed by atoms with Crippen molar-refractivity contribution in [2.45, 2.75) is 0 Å². The van der Waals surface area contributed by atoms with Crippen molar-refractivity contribution in [1.82, 2.24) is 9.55 Å². The second-order valence-electron chi connectivity index (χ2n) is 13.9. The number of para-hydroxylation sites is 4. The van der Waals surface area contributed by atoms with Crippen LogP contribution >= 0.6 is 0 Å². The lowest BCUT2D eigenvalue weighted by Gasteiger charge is -2.27. The first-order valence-corrected chi connectivity index (χ1v) is 18.4. The molecule has 0 N–H and O–H groups in total. The molecule has 6 heteroatoms. The number of rotatable bonds is 5. The van der Waals surface area contributed by atoms with Gasteiger partial charge in [0.05, 0.1) is 22.1 Å². The molecule has 4 aromatic heterocycles. The molecule has 258 valence electrons. The van der Waals surface area contributed by atoms with E-state index in [1.165, 1.54) is 10.8 Å². The lowest BCUT2D eigenvalue weighted by Crippen LogP contribution is -2.11. The van der Waals surface area contributed by atoms with Gasteiger partial charge in [-0.05, 0) is 84.9 Å². The van der Waals surface area contributed by atoms with Crippen LogP contribution in [0, 0.1) is 0 Å². The Morgan fingerprint density at radius 3 is 2.04 bits per heavy atom. The third-order valence-corrected chi connectivity index (χ3v) is 10.8. The van der Waals surface area contributed by atoms with Crippen molar-refractivity contribution in [3.63, 3.8) is 0 Å². The molecule has 0 saturated heterocycles. The first-order valence-electron chi connectivity index (χ1n) is 18.4. The van der Waals surface area contributed by atoms with Gasteiger partial charge in [-0.3, -0.25) is 0 Å². The first kappa shape index (κ1) is 29.9. The van der Waals surface area contributed by atoms with Gasteiger partial charge in [0.1, 0.15) is 27.8 Å². The summed E-state index contributed by atoms with van der Waals surface area (Å²) in [6, 6.07) is 60.9. The highest BCUT2D eigenvalue weighted by Gasteiger charge is 2.24. The van der Waals surface area contributed by atoms with Crippen LogP contribution in [-0.2, 0) is 0 Å². The zero-order valence-electron chi connectivity index (χ0n) is 29.3. The number of benzene rings is 8. The smallest absolute Gasteiger partial charge is 0.227 e. The number of fused-ring (bicyclic) bond motifs is 11.